The van der Waals surface area contributed by atoms with Gasteiger partial charge < -0.3 is 15.3 Å². The van der Waals surface area contributed by atoms with Crippen LogP contribution in [0.2, 0.25) is 0 Å². The molecule has 3 unspecified atom stereocenters. The van der Waals surface area contributed by atoms with Gasteiger partial charge in [-0.3, -0.25) is 5.10 Å². The highest BCUT2D eigenvalue weighted by Crippen LogP contribution is 2.21. The predicted octanol–water partition coefficient (Wildman–Crippen LogP) is 1.07. The van der Waals surface area contributed by atoms with Crippen molar-refractivity contribution in [2.45, 2.75) is 32.0 Å². The zero-order valence-corrected chi connectivity index (χ0v) is 12.3. The second-order valence-corrected chi connectivity index (χ2v) is 5.71. The summed E-state index contributed by atoms with van der Waals surface area (Å²) in [5, 5.41) is 20.9. The lowest BCUT2D eigenvalue weighted by Gasteiger charge is -2.35. The number of nitrogens with one attached hydrogen (secondary N) is 2. The van der Waals surface area contributed by atoms with Crippen LogP contribution in [0.25, 0.3) is 0 Å². The van der Waals surface area contributed by atoms with Gasteiger partial charge in [0.15, 0.2) is 5.82 Å². The first-order valence-corrected chi connectivity index (χ1v) is 7.30. The SMILES string of the molecule is CC1CN(c2n[nH]c(C(O)c3ccccc3)n2)CC(C)N1. The van der Waals surface area contributed by atoms with E-state index in [4.69, 9.17) is 0 Å². The van der Waals surface area contributed by atoms with Gasteiger partial charge >= 0.3 is 0 Å². The Balaban J connectivity index is 1.77. The third-order valence-electron chi connectivity index (χ3n) is 3.71. The smallest absolute Gasteiger partial charge is 0.244 e. The van der Waals surface area contributed by atoms with Crippen molar-refractivity contribution >= 4 is 5.95 Å². The van der Waals surface area contributed by atoms with Gasteiger partial charge in [0.25, 0.3) is 0 Å². The van der Waals surface area contributed by atoms with E-state index in [1.165, 1.54) is 0 Å². The number of nitrogens with zero attached hydrogens (tertiary/aromatic N) is 3. The molecule has 6 nitrogen and oxygen atoms in total. The molecule has 3 atom stereocenters. The molecule has 1 fully saturated rings. The number of benzene rings is 1. The molecule has 21 heavy (non-hydrogen) atoms. The first-order valence-electron chi connectivity index (χ1n) is 7.30. The molecule has 0 radical (unpaired) electrons. The van der Waals surface area contributed by atoms with Crippen LogP contribution in [0, 0.1) is 0 Å². The van der Waals surface area contributed by atoms with Crippen LogP contribution in [0.4, 0.5) is 5.95 Å². The summed E-state index contributed by atoms with van der Waals surface area (Å²) in [7, 11) is 0. The number of rotatable bonds is 3. The maximum absolute atomic E-state index is 10.3. The number of piperazine rings is 1. The lowest BCUT2D eigenvalue weighted by atomic mass is 10.1. The molecule has 0 amide bonds. The van der Waals surface area contributed by atoms with E-state index in [0.29, 0.717) is 23.9 Å². The highest BCUT2D eigenvalue weighted by Gasteiger charge is 2.25. The molecule has 6 heteroatoms. The van der Waals surface area contributed by atoms with Crippen LogP contribution in [0.3, 0.4) is 0 Å². The molecule has 3 N–H and O–H groups in total. The molecule has 1 aromatic heterocycles. The van der Waals surface area contributed by atoms with Gasteiger partial charge in [0.05, 0.1) is 0 Å². The van der Waals surface area contributed by atoms with Crippen molar-refractivity contribution in [1.82, 2.24) is 20.5 Å². The van der Waals surface area contributed by atoms with E-state index in [2.05, 4.69) is 39.2 Å². The third-order valence-corrected chi connectivity index (χ3v) is 3.71. The van der Waals surface area contributed by atoms with Crippen LogP contribution in [0.5, 0.6) is 0 Å². The Morgan fingerprint density at radius 2 is 1.86 bits per heavy atom. The van der Waals surface area contributed by atoms with Crippen molar-refractivity contribution in [3.05, 3.63) is 41.7 Å². The van der Waals surface area contributed by atoms with Crippen molar-refractivity contribution in [3.8, 4) is 0 Å². The summed E-state index contributed by atoms with van der Waals surface area (Å²) in [5.74, 6) is 1.13. The van der Waals surface area contributed by atoms with Gasteiger partial charge in [-0.05, 0) is 19.4 Å². The molecule has 0 spiro atoms. The summed E-state index contributed by atoms with van der Waals surface area (Å²) in [6, 6.07) is 10.3. The van der Waals surface area contributed by atoms with E-state index in [1.807, 2.05) is 30.3 Å². The van der Waals surface area contributed by atoms with Gasteiger partial charge in [-0.2, -0.15) is 4.98 Å². The van der Waals surface area contributed by atoms with E-state index in [1.54, 1.807) is 0 Å². The van der Waals surface area contributed by atoms with Gasteiger partial charge in [0, 0.05) is 25.2 Å². The second kappa shape index (κ2) is 5.83. The normalized spacial score (nSPS) is 24.0. The Morgan fingerprint density at radius 1 is 1.19 bits per heavy atom. The summed E-state index contributed by atoms with van der Waals surface area (Å²) < 4.78 is 0. The number of aliphatic hydroxyl groups is 1. The van der Waals surface area contributed by atoms with Crippen LogP contribution >= 0.6 is 0 Å². The minimum atomic E-state index is -0.773. The number of hydrogen-bond acceptors (Lipinski definition) is 5. The van der Waals surface area contributed by atoms with E-state index in [9.17, 15) is 5.11 Å². The van der Waals surface area contributed by atoms with E-state index < -0.39 is 6.10 Å². The van der Waals surface area contributed by atoms with Gasteiger partial charge in [-0.1, -0.05) is 30.3 Å². The van der Waals surface area contributed by atoms with Crippen LogP contribution in [0.15, 0.2) is 30.3 Å². The lowest BCUT2D eigenvalue weighted by Crippen LogP contribution is -2.54. The highest BCUT2D eigenvalue weighted by molar-refractivity contribution is 5.32. The van der Waals surface area contributed by atoms with Crippen LogP contribution in [-0.4, -0.2) is 45.5 Å². The summed E-state index contributed by atoms with van der Waals surface area (Å²) in [6.07, 6.45) is -0.773. The fourth-order valence-electron chi connectivity index (χ4n) is 2.81. The Labute approximate surface area is 124 Å². The van der Waals surface area contributed by atoms with Crippen molar-refractivity contribution in [3.63, 3.8) is 0 Å². The van der Waals surface area contributed by atoms with Gasteiger partial charge in [-0.15, -0.1) is 5.10 Å². The monoisotopic (exact) mass is 287 g/mol. The number of anilines is 1. The molecule has 0 aliphatic carbocycles. The largest absolute Gasteiger partial charge is 0.380 e. The molecule has 3 rings (SSSR count). The number of aliphatic hydroxyl groups excluding tert-OH is 1. The molecule has 1 aromatic carbocycles. The van der Waals surface area contributed by atoms with Crippen LogP contribution in [-0.2, 0) is 0 Å². The van der Waals surface area contributed by atoms with E-state index in [-0.39, 0.29) is 0 Å². The first-order chi connectivity index (χ1) is 10.1. The highest BCUT2D eigenvalue weighted by atomic mass is 16.3. The molecule has 2 aromatic rings. The van der Waals surface area contributed by atoms with Crippen molar-refractivity contribution < 1.29 is 5.11 Å². The zero-order chi connectivity index (χ0) is 14.8. The topological polar surface area (TPSA) is 77.1 Å². The van der Waals surface area contributed by atoms with Crippen LogP contribution in [0.1, 0.15) is 31.3 Å². The minimum Gasteiger partial charge on any atom is -0.380 e. The van der Waals surface area contributed by atoms with Crippen LogP contribution < -0.4 is 10.2 Å². The number of aromatic amines is 1. The molecule has 0 saturated carbocycles. The quantitative estimate of drug-likeness (QED) is 0.787. The maximum atomic E-state index is 10.3. The molecule has 2 heterocycles. The molecule has 1 aliphatic rings. The summed E-state index contributed by atoms with van der Waals surface area (Å²) in [4.78, 5) is 6.60. The third kappa shape index (κ3) is 3.06. The molecular weight excluding hydrogens is 266 g/mol. The predicted molar refractivity (Wildman–Crippen MR) is 81.2 cm³/mol. The Morgan fingerprint density at radius 3 is 2.52 bits per heavy atom. The number of hydrogen-bond donors (Lipinski definition) is 3. The Kier molecular flexibility index (Phi) is 3.90. The average molecular weight is 287 g/mol. The molecular formula is C15H21N5O. The molecule has 0 bridgehead atoms. The maximum Gasteiger partial charge on any atom is 0.244 e. The van der Waals surface area contributed by atoms with E-state index >= 15 is 0 Å². The summed E-state index contributed by atoms with van der Waals surface area (Å²) >= 11 is 0. The van der Waals surface area contributed by atoms with Gasteiger partial charge in [0.1, 0.15) is 6.10 Å². The van der Waals surface area contributed by atoms with E-state index in [0.717, 1.165) is 18.7 Å². The summed E-state index contributed by atoms with van der Waals surface area (Å²) in [5.41, 5.74) is 0.808. The zero-order valence-electron chi connectivity index (χ0n) is 12.3. The second-order valence-electron chi connectivity index (χ2n) is 5.71. The molecule has 1 saturated heterocycles. The minimum absolute atomic E-state index is 0.398. The fourth-order valence-corrected chi connectivity index (χ4v) is 2.81. The van der Waals surface area contributed by atoms with Crippen molar-refractivity contribution in [2.75, 3.05) is 18.0 Å². The van der Waals surface area contributed by atoms with Gasteiger partial charge in [0.2, 0.25) is 5.95 Å². The van der Waals surface area contributed by atoms with Gasteiger partial charge in [-0.25, -0.2) is 0 Å². The number of H-pyrrole nitrogens is 1. The molecule has 112 valence electrons. The summed E-state index contributed by atoms with van der Waals surface area (Å²) in [6.45, 7) is 6.02. The molecule has 1 aliphatic heterocycles. The standard InChI is InChI=1S/C15H21N5O/c1-10-8-20(9-11(2)16-10)15-17-14(18-19-15)13(21)12-6-4-3-5-7-12/h3-7,10-11,13,16,21H,8-9H2,1-2H3,(H,17,18,19). The number of aromatic nitrogens is 3. The lowest BCUT2D eigenvalue weighted by molar-refractivity contribution is 0.210. The first kappa shape index (κ1) is 14.0. The van der Waals surface area contributed by atoms with Crippen molar-refractivity contribution in [1.29, 1.82) is 0 Å². The average Bonchev–Trinajstić information content (AvgIpc) is 2.96. The fraction of sp³-hybridized carbons (Fsp3) is 0.467. The Bertz CT molecular complexity index is 575. The van der Waals surface area contributed by atoms with Crippen molar-refractivity contribution in [2.24, 2.45) is 0 Å². The Hall–Kier alpha value is -1.92.